The molecule has 17 nitrogen and oxygen atoms in total. The van der Waals surface area contributed by atoms with E-state index in [0.29, 0.717) is 0 Å². The Hall–Kier alpha value is -0.614. The first-order chi connectivity index (χ1) is 13.5. The number of hydrogen-bond donors (Lipinski definition) is 2. The Labute approximate surface area is 217 Å². The fourth-order valence-electron chi connectivity index (χ4n) is 2.03. The first-order valence-corrected chi connectivity index (χ1v) is 17.0. The molecule has 0 aromatic rings. The molecule has 20 heteroatoms. The number of carbonyl (C=O) groups is 6. The Morgan fingerprint density at radius 1 is 0.844 bits per heavy atom. The van der Waals surface area contributed by atoms with Gasteiger partial charge in [-0.05, 0) is 0 Å². The minimum atomic E-state index is -3.00. The molecule has 178 valence electrons. The third kappa shape index (κ3) is 9.71. The van der Waals surface area contributed by atoms with Crippen LogP contribution in [0.25, 0.3) is 0 Å². The number of rotatable bonds is 5. The fourth-order valence-corrected chi connectivity index (χ4v) is 7.15. The van der Waals surface area contributed by atoms with E-state index in [1.54, 1.807) is 0 Å². The molecule has 6 radical (unpaired) electrons. The first kappa shape index (κ1) is 33.6. The molecule has 2 rings (SSSR count). The van der Waals surface area contributed by atoms with Crippen molar-refractivity contribution in [2.45, 2.75) is 36.9 Å². The predicted molar refractivity (Wildman–Crippen MR) is 93.0 cm³/mol. The Bertz CT molecular complexity index is 722. The van der Waals surface area contributed by atoms with Crippen molar-refractivity contribution in [3.05, 3.63) is 0 Å². The van der Waals surface area contributed by atoms with Gasteiger partial charge in [-0.1, -0.05) is 0 Å². The molecule has 2 heterocycles. The summed E-state index contributed by atoms with van der Waals surface area (Å²) in [6.07, 6.45) is -3.39. The van der Waals surface area contributed by atoms with Crippen molar-refractivity contribution in [2.75, 3.05) is 0 Å². The van der Waals surface area contributed by atoms with Gasteiger partial charge in [0.25, 0.3) is 0 Å². The summed E-state index contributed by atoms with van der Waals surface area (Å²) in [7, 11) is 0. The molecular formula is C12H16O17Pb3. The average molecular weight is 1050 g/mol. The summed E-state index contributed by atoms with van der Waals surface area (Å²) >= 11 is -7.82. The van der Waals surface area contributed by atoms with Crippen molar-refractivity contribution >= 4 is 111 Å². The molecule has 0 amide bonds. The molecule has 2 saturated heterocycles. The summed E-state index contributed by atoms with van der Waals surface area (Å²) in [6.45, 7) is 0. The van der Waals surface area contributed by atoms with E-state index in [1.807, 2.05) is 0 Å². The molecule has 1 unspecified atom stereocenters. The second kappa shape index (κ2) is 14.6. The summed E-state index contributed by atoms with van der Waals surface area (Å²) in [6, 6.07) is 0. The second-order valence-corrected chi connectivity index (χ2v) is 12.4. The monoisotopic (exact) mass is 1060 g/mol. The number of hydrogen-bond acceptors (Lipinski definition) is 14. The van der Waals surface area contributed by atoms with E-state index in [0.717, 1.165) is 0 Å². The zero-order chi connectivity index (χ0) is 21.7. The van der Waals surface area contributed by atoms with Crippen LogP contribution in [0.5, 0.6) is 0 Å². The van der Waals surface area contributed by atoms with E-state index in [9.17, 15) is 39.0 Å². The Balaban J connectivity index is 0. The van der Waals surface area contributed by atoms with Crippen LogP contribution in [0.2, 0.25) is 0 Å². The molecule has 0 bridgehead atoms. The summed E-state index contributed by atoms with van der Waals surface area (Å²) in [5.74, 6) is -6.46. The summed E-state index contributed by atoms with van der Waals surface area (Å²) in [5, 5.41) is 20.4. The van der Waals surface area contributed by atoms with Gasteiger partial charge in [0.1, 0.15) is 0 Å². The topological polar surface area (TPSA) is 293 Å². The third-order valence-corrected chi connectivity index (χ3v) is 10.3. The van der Waals surface area contributed by atoms with E-state index in [-0.39, 0.29) is 16.4 Å². The van der Waals surface area contributed by atoms with Crippen molar-refractivity contribution in [2.24, 2.45) is 0 Å². The van der Waals surface area contributed by atoms with Crippen LogP contribution in [-0.2, 0) is 44.9 Å². The average Bonchev–Trinajstić information content (AvgIpc) is 2.71. The Morgan fingerprint density at radius 2 is 1.31 bits per heavy atom. The van der Waals surface area contributed by atoms with Crippen LogP contribution in [0.1, 0.15) is 25.7 Å². The van der Waals surface area contributed by atoms with E-state index in [4.69, 9.17) is 5.37 Å². The van der Waals surface area contributed by atoms with Crippen molar-refractivity contribution in [1.29, 1.82) is 0 Å². The quantitative estimate of drug-likeness (QED) is 0.242. The molecule has 0 saturated carbocycles. The molecule has 2 aliphatic rings. The molecule has 8 N–H and O–H groups in total. The van der Waals surface area contributed by atoms with Gasteiger partial charge in [0, 0.05) is 0 Å². The number of carbonyl (C=O) groups excluding carboxylic acids is 6. The van der Waals surface area contributed by atoms with E-state index in [2.05, 4.69) is 10.7 Å². The fraction of sp³-hybridized carbons (Fsp3) is 0.500. The summed E-state index contributed by atoms with van der Waals surface area (Å²) in [4.78, 5) is 70.0. The normalized spacial score (nSPS) is 22.2. The molecule has 0 aromatic heterocycles. The van der Waals surface area contributed by atoms with E-state index in [1.165, 1.54) is 0 Å². The van der Waals surface area contributed by atoms with Crippen LogP contribution in [-0.4, -0.2) is 149 Å². The van der Waals surface area contributed by atoms with Gasteiger partial charge in [-0.25, -0.2) is 0 Å². The van der Waals surface area contributed by atoms with E-state index < -0.39 is 148 Å². The van der Waals surface area contributed by atoms with Crippen molar-refractivity contribution in [1.82, 2.24) is 0 Å². The molecule has 0 aliphatic carbocycles. The molecule has 32 heavy (non-hydrogen) atoms. The summed E-state index contributed by atoms with van der Waals surface area (Å²) in [5.41, 5.74) is -4.99. The summed E-state index contributed by atoms with van der Waals surface area (Å²) < 4.78 is 28.0. The van der Waals surface area contributed by atoms with E-state index >= 15 is 0 Å². The van der Waals surface area contributed by atoms with Crippen LogP contribution < -0.4 is 0 Å². The zero-order valence-corrected chi connectivity index (χ0v) is 27.3. The Kier molecular flexibility index (Phi) is 15.3. The van der Waals surface area contributed by atoms with Crippen molar-refractivity contribution < 1.29 is 71.5 Å². The predicted octanol–water partition coefficient (Wildman–Crippen LogP) is -6.58. The number of aliphatic hydroxyl groups is 2. The molecular weight excluding hydrogens is 1040 g/mol. The Morgan fingerprint density at radius 3 is 1.84 bits per heavy atom. The van der Waals surface area contributed by atoms with Gasteiger partial charge in [-0.15, -0.1) is 0 Å². The SMILES string of the molecule is O.O.O.O=C1CC(O)(C(=O)[O][Pb][O]C(=O)CC2(O)CC(=O)[O][Pb][O]C2=O)CC(=O)[O][Pb][O]1. The van der Waals surface area contributed by atoms with Gasteiger partial charge in [-0.2, -0.15) is 0 Å². The van der Waals surface area contributed by atoms with Gasteiger partial charge >= 0.3 is 203 Å². The van der Waals surface area contributed by atoms with Gasteiger partial charge in [0.15, 0.2) is 0 Å². The standard InChI is InChI=1S/2C6H8O7.3H2O.3Pb/c2*7-3(8)1-6(13,5(11)12)2-4(9)10;;;;;;/h2*13H,1-2H2,(H,7,8)(H,9,10)(H,11,12);3*1H2;;;/q;;;;;3*+2/p-6. The van der Waals surface area contributed by atoms with Crippen molar-refractivity contribution in [3.63, 3.8) is 0 Å². The molecule has 2 fully saturated rings. The van der Waals surface area contributed by atoms with Crippen LogP contribution >= 0.6 is 0 Å². The molecule has 0 spiro atoms. The van der Waals surface area contributed by atoms with Crippen LogP contribution in [0.15, 0.2) is 0 Å². The van der Waals surface area contributed by atoms with Gasteiger partial charge in [0.05, 0.1) is 0 Å². The van der Waals surface area contributed by atoms with Crippen LogP contribution in [0, 0.1) is 0 Å². The second-order valence-electron chi connectivity index (χ2n) is 5.70. The molecule has 0 aromatic carbocycles. The van der Waals surface area contributed by atoms with Gasteiger partial charge in [-0.3, -0.25) is 0 Å². The first-order valence-electron chi connectivity index (χ1n) is 7.45. The third-order valence-electron chi connectivity index (χ3n) is 3.40. The van der Waals surface area contributed by atoms with Crippen LogP contribution in [0.4, 0.5) is 0 Å². The molecule has 1 atom stereocenters. The van der Waals surface area contributed by atoms with Gasteiger partial charge < -0.3 is 16.4 Å². The maximum absolute atomic E-state index is 12.1. The molecule has 2 aliphatic heterocycles. The van der Waals surface area contributed by atoms with Gasteiger partial charge in [0.2, 0.25) is 0 Å². The maximum atomic E-state index is 12.1. The minimum absolute atomic E-state index is 0. The van der Waals surface area contributed by atoms with Crippen molar-refractivity contribution in [3.8, 4) is 0 Å². The van der Waals surface area contributed by atoms with Crippen LogP contribution in [0.3, 0.4) is 0 Å². The zero-order valence-electron chi connectivity index (χ0n) is 15.6.